The number of nitrogens with zero attached hydrogens (tertiary/aromatic N) is 1. The minimum absolute atomic E-state index is 0.00699. The predicted octanol–water partition coefficient (Wildman–Crippen LogP) is 16.9. The number of para-hydroxylation sites is 2. The molecule has 0 spiro atoms. The van der Waals surface area contributed by atoms with Gasteiger partial charge in [0.05, 0.1) is 11.4 Å². The molecule has 0 heterocycles. The van der Waals surface area contributed by atoms with E-state index in [9.17, 15) is 0 Å². The summed E-state index contributed by atoms with van der Waals surface area (Å²) in [6.07, 6.45) is 0. The molecule has 0 unspecified atom stereocenters. The lowest BCUT2D eigenvalue weighted by Gasteiger charge is -2.30. The third-order valence-corrected chi connectivity index (χ3v) is 11.8. The highest BCUT2D eigenvalue weighted by Gasteiger charge is 2.25. The van der Waals surface area contributed by atoms with Crippen LogP contribution in [0.3, 0.4) is 0 Å². The fourth-order valence-corrected chi connectivity index (χ4v) is 8.26. The van der Waals surface area contributed by atoms with Gasteiger partial charge >= 0.3 is 0 Å². The summed E-state index contributed by atoms with van der Waals surface area (Å²) in [4.78, 5) is 2.47. The normalized spacial score (nSPS) is 12.2. The van der Waals surface area contributed by atoms with Crippen LogP contribution in [-0.2, 0) is 16.2 Å². The number of anilines is 3. The Hall–Kier alpha value is -6.18. The van der Waals surface area contributed by atoms with E-state index in [2.05, 4.69) is 249 Å². The van der Waals surface area contributed by atoms with E-state index in [0.29, 0.717) is 0 Å². The van der Waals surface area contributed by atoms with Gasteiger partial charge in [-0.25, -0.2) is 0 Å². The summed E-state index contributed by atoms with van der Waals surface area (Å²) in [5, 5.41) is 2.49. The van der Waals surface area contributed by atoms with Gasteiger partial charge in [-0.15, -0.1) is 0 Å². The number of rotatable bonds is 7. The first kappa shape index (κ1) is 39.6. The molecule has 0 saturated carbocycles. The molecule has 1 heteroatoms. The van der Waals surface area contributed by atoms with E-state index in [0.717, 1.165) is 17.1 Å². The zero-order chi connectivity index (χ0) is 41.5. The average Bonchev–Trinajstić information content (AvgIpc) is 3.23. The van der Waals surface area contributed by atoms with Crippen molar-refractivity contribution >= 4 is 27.8 Å². The lowest BCUT2D eigenvalue weighted by atomic mass is 9.78. The van der Waals surface area contributed by atoms with Gasteiger partial charge in [-0.2, -0.15) is 0 Å². The van der Waals surface area contributed by atoms with Crippen molar-refractivity contribution in [3.05, 3.63) is 199 Å². The number of hydrogen-bond acceptors (Lipinski definition) is 1. The van der Waals surface area contributed by atoms with E-state index in [-0.39, 0.29) is 16.2 Å². The smallest absolute Gasteiger partial charge is 0.0540 e. The SMILES string of the molecule is CC(C)(C)c1ccc(-c2ccccc2N(c2ccc(-c3ccccc3)cc2)c2ccccc2-c2cccc3cccc(-c4cc(C(C)(C)C)cc(C(C)(C)C)c4)c23)cc1. The summed E-state index contributed by atoms with van der Waals surface area (Å²) in [5.41, 5.74) is 17.2. The molecule has 0 bridgehead atoms. The molecule has 0 fully saturated rings. The quantitative estimate of drug-likeness (QED) is 0.156. The van der Waals surface area contributed by atoms with Crippen LogP contribution in [0.2, 0.25) is 0 Å². The Bertz CT molecular complexity index is 2690. The van der Waals surface area contributed by atoms with E-state index in [4.69, 9.17) is 0 Å². The maximum Gasteiger partial charge on any atom is 0.0540 e. The summed E-state index contributed by atoms with van der Waals surface area (Å²) < 4.78 is 0. The molecule has 0 radical (unpaired) electrons. The van der Waals surface area contributed by atoms with Gasteiger partial charge in [-0.3, -0.25) is 0 Å². The Labute approximate surface area is 353 Å². The molecule has 8 aromatic carbocycles. The van der Waals surface area contributed by atoms with E-state index in [1.165, 1.54) is 72.0 Å². The Morgan fingerprint density at radius 2 is 0.763 bits per heavy atom. The van der Waals surface area contributed by atoms with E-state index in [1.807, 2.05) is 0 Å². The van der Waals surface area contributed by atoms with Gasteiger partial charge in [-0.05, 0) is 101 Å². The average molecular weight is 768 g/mol. The highest BCUT2D eigenvalue weighted by atomic mass is 15.1. The topological polar surface area (TPSA) is 3.24 Å². The van der Waals surface area contributed by atoms with Crippen molar-refractivity contribution in [1.82, 2.24) is 0 Å². The van der Waals surface area contributed by atoms with Crippen molar-refractivity contribution in [2.75, 3.05) is 4.90 Å². The first-order valence-electron chi connectivity index (χ1n) is 21.1. The molecule has 294 valence electrons. The summed E-state index contributed by atoms with van der Waals surface area (Å²) >= 11 is 0. The molecule has 8 rings (SSSR count). The first-order valence-corrected chi connectivity index (χ1v) is 21.1. The fourth-order valence-electron chi connectivity index (χ4n) is 8.26. The zero-order valence-corrected chi connectivity index (χ0v) is 36.3. The summed E-state index contributed by atoms with van der Waals surface area (Å²) in [5.74, 6) is 0. The van der Waals surface area contributed by atoms with Gasteiger partial charge in [0.2, 0.25) is 0 Å². The monoisotopic (exact) mass is 767 g/mol. The third kappa shape index (κ3) is 8.12. The van der Waals surface area contributed by atoms with Crippen LogP contribution in [0.5, 0.6) is 0 Å². The number of hydrogen-bond donors (Lipinski definition) is 0. The lowest BCUT2D eigenvalue weighted by molar-refractivity contribution is 0.569. The van der Waals surface area contributed by atoms with Crippen molar-refractivity contribution in [3.8, 4) is 44.5 Å². The molecule has 59 heavy (non-hydrogen) atoms. The van der Waals surface area contributed by atoms with Gasteiger partial charge in [0.25, 0.3) is 0 Å². The maximum absolute atomic E-state index is 2.47. The van der Waals surface area contributed by atoms with Crippen LogP contribution in [0.15, 0.2) is 182 Å². The molecule has 8 aromatic rings. The molecule has 0 saturated heterocycles. The second kappa shape index (κ2) is 15.5. The van der Waals surface area contributed by atoms with Gasteiger partial charge in [0, 0.05) is 16.8 Å². The van der Waals surface area contributed by atoms with Crippen LogP contribution < -0.4 is 4.90 Å². The van der Waals surface area contributed by atoms with Crippen molar-refractivity contribution in [2.24, 2.45) is 0 Å². The molecule has 0 aliphatic carbocycles. The largest absolute Gasteiger partial charge is 0.309 e. The minimum Gasteiger partial charge on any atom is -0.309 e. The Morgan fingerprint density at radius 3 is 1.34 bits per heavy atom. The van der Waals surface area contributed by atoms with Crippen molar-refractivity contribution in [3.63, 3.8) is 0 Å². The molecular formula is C58H57N. The number of benzene rings is 8. The Balaban J connectivity index is 1.37. The van der Waals surface area contributed by atoms with Crippen molar-refractivity contribution in [1.29, 1.82) is 0 Å². The molecule has 0 aliphatic heterocycles. The van der Waals surface area contributed by atoms with Gasteiger partial charge in [0.15, 0.2) is 0 Å². The third-order valence-electron chi connectivity index (χ3n) is 11.8. The summed E-state index contributed by atoms with van der Waals surface area (Å²) in [6, 6.07) is 67.6. The maximum atomic E-state index is 2.47. The summed E-state index contributed by atoms with van der Waals surface area (Å²) in [6.45, 7) is 20.7. The molecule has 0 aliphatic rings. The van der Waals surface area contributed by atoms with Crippen LogP contribution in [-0.4, -0.2) is 0 Å². The fraction of sp³-hybridized carbons (Fsp3) is 0.207. The van der Waals surface area contributed by atoms with E-state index < -0.39 is 0 Å². The highest BCUT2D eigenvalue weighted by Crippen LogP contribution is 2.48. The molecule has 1 nitrogen and oxygen atoms in total. The second-order valence-corrected chi connectivity index (χ2v) is 19.1. The van der Waals surface area contributed by atoms with Crippen LogP contribution >= 0.6 is 0 Å². The molecule has 0 aromatic heterocycles. The van der Waals surface area contributed by atoms with Gasteiger partial charge in [0.1, 0.15) is 0 Å². The van der Waals surface area contributed by atoms with Gasteiger partial charge in [-0.1, -0.05) is 220 Å². The Kier molecular flexibility index (Phi) is 10.4. The number of fused-ring (bicyclic) bond motifs is 1. The molecule has 0 amide bonds. The lowest BCUT2D eigenvalue weighted by Crippen LogP contribution is -2.16. The highest BCUT2D eigenvalue weighted by molar-refractivity contribution is 6.09. The minimum atomic E-state index is 0.00699. The van der Waals surface area contributed by atoms with Crippen molar-refractivity contribution in [2.45, 2.75) is 78.6 Å². The van der Waals surface area contributed by atoms with E-state index in [1.54, 1.807) is 0 Å². The van der Waals surface area contributed by atoms with Gasteiger partial charge < -0.3 is 4.90 Å². The Morgan fingerprint density at radius 1 is 0.305 bits per heavy atom. The van der Waals surface area contributed by atoms with Crippen LogP contribution in [0, 0.1) is 0 Å². The van der Waals surface area contributed by atoms with E-state index >= 15 is 0 Å². The molecule has 0 atom stereocenters. The molecular weight excluding hydrogens is 711 g/mol. The zero-order valence-electron chi connectivity index (χ0n) is 36.3. The van der Waals surface area contributed by atoms with Crippen LogP contribution in [0.1, 0.15) is 79.0 Å². The van der Waals surface area contributed by atoms with Crippen LogP contribution in [0.25, 0.3) is 55.3 Å². The van der Waals surface area contributed by atoms with Crippen molar-refractivity contribution < 1.29 is 0 Å². The summed E-state index contributed by atoms with van der Waals surface area (Å²) in [7, 11) is 0. The first-order chi connectivity index (χ1) is 28.2. The van der Waals surface area contributed by atoms with Crippen LogP contribution in [0.4, 0.5) is 17.1 Å². The predicted molar refractivity (Wildman–Crippen MR) is 256 cm³/mol. The standard InChI is InChI=1S/C58H57N/c1-56(2,3)45-33-29-42(30-34-45)49-23-13-15-27-53(49)59(48-35-31-41(32-36-48)40-19-11-10-12-20-40)54-28-16-14-24-51(54)52-26-18-22-43-21-17-25-50(55(43)52)44-37-46(57(4,5)6)39-47(38-44)58(7,8)9/h10-39H,1-9H3. The second-order valence-electron chi connectivity index (χ2n) is 19.1. The molecule has 0 N–H and O–H groups in total.